The van der Waals surface area contributed by atoms with Crippen LogP contribution in [-0.2, 0) is 16.1 Å². The van der Waals surface area contributed by atoms with Gasteiger partial charge in [-0.1, -0.05) is 30.3 Å². The Bertz CT molecular complexity index is 653. The summed E-state index contributed by atoms with van der Waals surface area (Å²) in [6, 6.07) is 10.1. The van der Waals surface area contributed by atoms with E-state index >= 15 is 0 Å². The Morgan fingerprint density at radius 2 is 1.96 bits per heavy atom. The fourth-order valence-corrected chi connectivity index (χ4v) is 2.96. The summed E-state index contributed by atoms with van der Waals surface area (Å²) >= 11 is 0. The minimum Gasteiger partial charge on any atom is -0.377 e. The summed E-state index contributed by atoms with van der Waals surface area (Å²) < 4.78 is 5.75. The summed E-state index contributed by atoms with van der Waals surface area (Å²) in [4.78, 5) is 12.2. The second-order valence-electron chi connectivity index (χ2n) is 7.00. The lowest BCUT2D eigenvalue weighted by atomic mass is 10.0. The Morgan fingerprint density at radius 3 is 2.60 bits per heavy atom. The third-order valence-corrected chi connectivity index (χ3v) is 4.90. The molecule has 1 N–H and O–H groups in total. The topological polar surface area (TPSA) is 63.0 Å². The predicted octanol–water partition coefficient (Wildman–Crippen LogP) is 3.60. The fraction of sp³-hybridized carbons (Fsp3) is 0.550. The molecule has 1 saturated carbocycles. The number of hydrogen-bond acceptors (Lipinski definition) is 4. The smallest absolute Gasteiger partial charge is 0.220 e. The van der Waals surface area contributed by atoms with Crippen LogP contribution in [0.4, 0.5) is 0 Å². The Kier molecular flexibility index (Phi) is 5.50. The lowest BCUT2D eigenvalue weighted by molar-refractivity contribution is -0.122. The molecule has 1 fully saturated rings. The highest BCUT2D eigenvalue weighted by molar-refractivity contribution is 5.77. The van der Waals surface area contributed by atoms with E-state index in [9.17, 15) is 4.79 Å². The van der Waals surface area contributed by atoms with Gasteiger partial charge in [0.05, 0.1) is 6.61 Å². The number of ether oxygens (including phenoxy) is 1. The Hall–Kier alpha value is -2.19. The van der Waals surface area contributed by atoms with Crippen LogP contribution >= 0.6 is 0 Å². The first-order valence-corrected chi connectivity index (χ1v) is 8.96. The molecule has 0 aromatic heterocycles. The molecule has 0 atom stereocenters. The van der Waals surface area contributed by atoms with Gasteiger partial charge in [0.15, 0.2) is 5.66 Å². The second-order valence-corrected chi connectivity index (χ2v) is 7.00. The minimum absolute atomic E-state index is 0.0580. The first kappa shape index (κ1) is 17.6. The molecule has 0 radical (unpaired) electrons. The lowest BCUT2D eigenvalue weighted by Gasteiger charge is -2.18. The molecule has 0 unspecified atom stereocenters. The number of carbonyl (C=O) groups excluding carboxylic acids is 1. The molecule has 1 heterocycles. The molecule has 1 aliphatic carbocycles. The number of carbonyl (C=O) groups is 1. The van der Waals surface area contributed by atoms with Gasteiger partial charge in [-0.15, -0.1) is 12.3 Å². The molecular weight excluding hydrogens is 314 g/mol. The Morgan fingerprint density at radius 1 is 1.20 bits per heavy atom. The summed E-state index contributed by atoms with van der Waals surface area (Å²) in [5.41, 5.74) is 0.738. The predicted molar refractivity (Wildman–Crippen MR) is 95.7 cm³/mol. The standard InChI is InChI=1S/C20H25N3O2/c1-2-3-10-20(22-23-20)11-9-18(24)21-19(12-13-19)14-15-25-16-17-7-5-4-6-8-17/h1,4-8H,3,9-16H2,(H,21,24). The van der Waals surface area contributed by atoms with Gasteiger partial charge in [-0.3, -0.25) is 4.79 Å². The van der Waals surface area contributed by atoms with E-state index in [1.807, 2.05) is 18.2 Å². The van der Waals surface area contributed by atoms with E-state index in [1.54, 1.807) is 0 Å². The van der Waals surface area contributed by atoms with Crippen LogP contribution in [0.3, 0.4) is 0 Å². The number of nitrogens with one attached hydrogen (secondary N) is 1. The van der Waals surface area contributed by atoms with Crippen molar-refractivity contribution in [3.05, 3.63) is 35.9 Å². The monoisotopic (exact) mass is 339 g/mol. The van der Waals surface area contributed by atoms with E-state index in [0.717, 1.165) is 25.7 Å². The molecule has 5 heteroatoms. The van der Waals surface area contributed by atoms with Gasteiger partial charge in [-0.2, -0.15) is 10.2 Å². The lowest BCUT2D eigenvalue weighted by Crippen LogP contribution is -2.38. The fourth-order valence-electron chi connectivity index (χ4n) is 2.96. The van der Waals surface area contributed by atoms with Crippen molar-refractivity contribution in [3.63, 3.8) is 0 Å². The number of hydrogen-bond donors (Lipinski definition) is 1. The van der Waals surface area contributed by atoms with Gasteiger partial charge < -0.3 is 10.1 Å². The average Bonchev–Trinajstić information content (AvgIpc) is 3.55. The number of benzene rings is 1. The van der Waals surface area contributed by atoms with Crippen molar-refractivity contribution in [3.8, 4) is 12.3 Å². The summed E-state index contributed by atoms with van der Waals surface area (Å²) in [5, 5.41) is 11.3. The molecule has 1 aliphatic heterocycles. The SMILES string of the molecule is C#CCCC1(CCC(=O)NC2(CCOCc3ccccc3)CC2)N=N1. The maximum absolute atomic E-state index is 12.2. The molecule has 1 aromatic carbocycles. The third kappa shape index (κ3) is 5.40. The van der Waals surface area contributed by atoms with Crippen LogP contribution in [-0.4, -0.2) is 23.7 Å². The molecule has 3 rings (SSSR count). The summed E-state index contributed by atoms with van der Waals surface area (Å²) in [7, 11) is 0. The highest BCUT2D eigenvalue weighted by Crippen LogP contribution is 2.40. The number of terminal acetylenes is 1. The molecule has 0 spiro atoms. The molecule has 0 bridgehead atoms. The van der Waals surface area contributed by atoms with Crippen molar-refractivity contribution in [1.29, 1.82) is 0 Å². The van der Waals surface area contributed by atoms with E-state index in [1.165, 1.54) is 5.56 Å². The zero-order chi connectivity index (χ0) is 17.6. The molecule has 132 valence electrons. The normalized spacial score (nSPS) is 18.4. The van der Waals surface area contributed by atoms with Gasteiger partial charge >= 0.3 is 0 Å². The molecule has 1 aromatic rings. The van der Waals surface area contributed by atoms with Crippen molar-refractivity contribution >= 4 is 5.91 Å². The first-order chi connectivity index (χ1) is 12.2. The number of amides is 1. The van der Waals surface area contributed by atoms with E-state index in [2.05, 4.69) is 33.6 Å². The largest absolute Gasteiger partial charge is 0.377 e. The van der Waals surface area contributed by atoms with Crippen LogP contribution < -0.4 is 5.32 Å². The van der Waals surface area contributed by atoms with Gasteiger partial charge in [0.2, 0.25) is 5.91 Å². The zero-order valence-corrected chi connectivity index (χ0v) is 14.5. The van der Waals surface area contributed by atoms with Crippen molar-refractivity contribution in [2.75, 3.05) is 6.61 Å². The van der Waals surface area contributed by atoms with Crippen LogP contribution in [0, 0.1) is 12.3 Å². The van der Waals surface area contributed by atoms with Gasteiger partial charge in [0.25, 0.3) is 0 Å². The third-order valence-electron chi connectivity index (χ3n) is 4.90. The Balaban J connectivity index is 1.32. The molecule has 5 nitrogen and oxygen atoms in total. The first-order valence-electron chi connectivity index (χ1n) is 8.96. The quantitative estimate of drug-likeness (QED) is 0.494. The van der Waals surface area contributed by atoms with Crippen LogP contribution in [0.5, 0.6) is 0 Å². The van der Waals surface area contributed by atoms with Crippen molar-refractivity contribution in [2.24, 2.45) is 10.2 Å². The Labute approximate surface area is 149 Å². The summed E-state index contributed by atoms with van der Waals surface area (Å²) in [6.07, 6.45) is 10.7. The van der Waals surface area contributed by atoms with Gasteiger partial charge in [-0.25, -0.2) is 0 Å². The molecule has 0 saturated heterocycles. The van der Waals surface area contributed by atoms with Crippen LogP contribution in [0.25, 0.3) is 0 Å². The molecule has 2 aliphatic rings. The van der Waals surface area contributed by atoms with Crippen molar-refractivity contribution < 1.29 is 9.53 Å². The van der Waals surface area contributed by atoms with E-state index in [4.69, 9.17) is 11.2 Å². The maximum atomic E-state index is 12.2. The summed E-state index contributed by atoms with van der Waals surface area (Å²) in [5.74, 6) is 2.69. The van der Waals surface area contributed by atoms with Crippen LogP contribution in [0.1, 0.15) is 50.5 Å². The van der Waals surface area contributed by atoms with E-state index in [-0.39, 0.29) is 17.1 Å². The second kappa shape index (κ2) is 7.79. The van der Waals surface area contributed by atoms with E-state index < -0.39 is 0 Å². The number of nitrogens with zero attached hydrogens (tertiary/aromatic N) is 2. The van der Waals surface area contributed by atoms with Gasteiger partial charge in [0.1, 0.15) is 0 Å². The highest BCUT2D eigenvalue weighted by atomic mass is 16.5. The van der Waals surface area contributed by atoms with Crippen molar-refractivity contribution in [2.45, 2.75) is 62.8 Å². The van der Waals surface area contributed by atoms with Gasteiger partial charge in [0, 0.05) is 37.8 Å². The van der Waals surface area contributed by atoms with Gasteiger partial charge in [-0.05, 0) is 24.8 Å². The average molecular weight is 339 g/mol. The summed E-state index contributed by atoms with van der Waals surface area (Å²) in [6.45, 7) is 1.28. The zero-order valence-electron chi connectivity index (χ0n) is 14.5. The highest BCUT2D eigenvalue weighted by Gasteiger charge is 2.44. The molecule has 25 heavy (non-hydrogen) atoms. The maximum Gasteiger partial charge on any atom is 0.220 e. The molecular formula is C20H25N3O2. The van der Waals surface area contributed by atoms with Crippen LogP contribution in [0.2, 0.25) is 0 Å². The van der Waals surface area contributed by atoms with Crippen LogP contribution in [0.15, 0.2) is 40.6 Å². The molecule has 1 amide bonds. The number of rotatable bonds is 11. The van der Waals surface area contributed by atoms with E-state index in [0.29, 0.717) is 32.5 Å². The minimum atomic E-state index is -0.376. The van der Waals surface area contributed by atoms with Crippen molar-refractivity contribution in [1.82, 2.24) is 5.32 Å².